The lowest BCUT2D eigenvalue weighted by Crippen LogP contribution is -2.35. The molecule has 1 aliphatic carbocycles. The van der Waals surface area contributed by atoms with Crippen LogP contribution in [0, 0.1) is 11.3 Å². The average molecular weight is 276 g/mol. The molecule has 1 unspecified atom stereocenters. The van der Waals surface area contributed by atoms with E-state index in [4.69, 9.17) is 0 Å². The van der Waals surface area contributed by atoms with Crippen LogP contribution < -0.4 is 0 Å². The van der Waals surface area contributed by atoms with Crippen LogP contribution in [0.3, 0.4) is 0 Å². The molecular formula is C16H28N4. The second kappa shape index (κ2) is 5.47. The van der Waals surface area contributed by atoms with Crippen LogP contribution in [-0.4, -0.2) is 39.3 Å². The van der Waals surface area contributed by atoms with E-state index in [1.54, 1.807) is 0 Å². The van der Waals surface area contributed by atoms with E-state index in [2.05, 4.69) is 40.6 Å². The van der Waals surface area contributed by atoms with Crippen LogP contribution in [0.15, 0.2) is 6.33 Å². The molecule has 2 fully saturated rings. The Bertz CT molecular complexity index is 441. The van der Waals surface area contributed by atoms with Gasteiger partial charge in [0.1, 0.15) is 12.2 Å². The summed E-state index contributed by atoms with van der Waals surface area (Å²) in [7, 11) is 2.06. The van der Waals surface area contributed by atoms with Gasteiger partial charge in [0.05, 0.1) is 0 Å². The molecule has 0 radical (unpaired) electrons. The molecule has 0 aromatic carbocycles. The predicted octanol–water partition coefficient (Wildman–Crippen LogP) is 2.82. The topological polar surface area (TPSA) is 34.0 Å². The standard InChI is InChI=1S/C16H28N4/c1-4-16(5-2)10-14(16)11-20-8-6-13(7-9-20)15-18-17-12-19(15)3/h12-14H,4-11H2,1-3H3. The molecule has 0 bridgehead atoms. The molecule has 112 valence electrons. The molecule has 1 saturated carbocycles. The van der Waals surface area contributed by atoms with Crippen LogP contribution in [0.25, 0.3) is 0 Å². The summed E-state index contributed by atoms with van der Waals surface area (Å²) in [4.78, 5) is 2.69. The maximum atomic E-state index is 4.28. The van der Waals surface area contributed by atoms with Crippen molar-refractivity contribution in [2.24, 2.45) is 18.4 Å². The van der Waals surface area contributed by atoms with Crippen molar-refractivity contribution >= 4 is 0 Å². The molecule has 2 heterocycles. The van der Waals surface area contributed by atoms with E-state index in [1.165, 1.54) is 57.6 Å². The van der Waals surface area contributed by atoms with E-state index in [0.717, 1.165) is 5.92 Å². The number of aromatic nitrogens is 3. The van der Waals surface area contributed by atoms with Gasteiger partial charge in [-0.2, -0.15) is 0 Å². The number of aryl methyl sites for hydroxylation is 1. The first-order valence-corrected chi connectivity index (χ1v) is 8.24. The Balaban J connectivity index is 1.49. The summed E-state index contributed by atoms with van der Waals surface area (Å²) in [6.07, 6.45) is 8.49. The number of likely N-dealkylation sites (tertiary alicyclic amines) is 1. The smallest absolute Gasteiger partial charge is 0.135 e. The third-order valence-electron chi connectivity index (χ3n) is 5.94. The van der Waals surface area contributed by atoms with E-state index in [1.807, 2.05) is 6.33 Å². The molecule has 4 heteroatoms. The lowest BCUT2D eigenvalue weighted by molar-refractivity contribution is 0.188. The zero-order chi connectivity index (χ0) is 14.2. The molecule has 0 N–H and O–H groups in total. The zero-order valence-electron chi connectivity index (χ0n) is 13.2. The fourth-order valence-electron chi connectivity index (χ4n) is 4.15. The Morgan fingerprint density at radius 1 is 1.25 bits per heavy atom. The molecule has 1 aromatic heterocycles. The average Bonchev–Trinajstić information content (AvgIpc) is 3.01. The van der Waals surface area contributed by atoms with Crippen LogP contribution in [0.2, 0.25) is 0 Å². The Morgan fingerprint density at radius 2 is 1.95 bits per heavy atom. The highest BCUT2D eigenvalue weighted by molar-refractivity contribution is 5.03. The fourth-order valence-corrected chi connectivity index (χ4v) is 4.15. The summed E-state index contributed by atoms with van der Waals surface area (Å²) in [5.41, 5.74) is 0.695. The van der Waals surface area contributed by atoms with Gasteiger partial charge in [-0.25, -0.2) is 0 Å². The van der Waals surface area contributed by atoms with E-state index >= 15 is 0 Å². The van der Waals surface area contributed by atoms with Gasteiger partial charge in [-0.1, -0.05) is 26.7 Å². The van der Waals surface area contributed by atoms with E-state index in [9.17, 15) is 0 Å². The van der Waals surface area contributed by atoms with Gasteiger partial charge >= 0.3 is 0 Å². The summed E-state index contributed by atoms with van der Waals surface area (Å²) >= 11 is 0. The Labute approximate surface area is 122 Å². The molecule has 4 nitrogen and oxygen atoms in total. The number of hydrogen-bond acceptors (Lipinski definition) is 3. The normalized spacial score (nSPS) is 26.9. The third-order valence-corrected chi connectivity index (χ3v) is 5.94. The van der Waals surface area contributed by atoms with Gasteiger partial charge in [-0.05, 0) is 43.7 Å². The minimum atomic E-state index is 0.611. The van der Waals surface area contributed by atoms with Gasteiger partial charge in [0.25, 0.3) is 0 Å². The Hall–Kier alpha value is -0.900. The second-order valence-corrected chi connectivity index (χ2v) is 6.85. The fraction of sp³-hybridized carbons (Fsp3) is 0.875. The van der Waals surface area contributed by atoms with Gasteiger partial charge in [0.15, 0.2) is 0 Å². The van der Waals surface area contributed by atoms with Crippen molar-refractivity contribution in [3.63, 3.8) is 0 Å². The van der Waals surface area contributed by atoms with E-state index in [-0.39, 0.29) is 0 Å². The van der Waals surface area contributed by atoms with Crippen molar-refractivity contribution in [3.05, 3.63) is 12.2 Å². The molecule has 1 aliphatic heterocycles. The summed E-state index contributed by atoms with van der Waals surface area (Å²) in [6.45, 7) is 8.52. The molecular weight excluding hydrogens is 248 g/mol. The minimum Gasteiger partial charge on any atom is -0.320 e. The molecule has 1 saturated heterocycles. The van der Waals surface area contributed by atoms with Crippen LogP contribution in [0.1, 0.15) is 57.7 Å². The van der Waals surface area contributed by atoms with Crippen molar-refractivity contribution in [1.29, 1.82) is 0 Å². The zero-order valence-corrected chi connectivity index (χ0v) is 13.2. The quantitative estimate of drug-likeness (QED) is 0.829. The predicted molar refractivity (Wildman–Crippen MR) is 80.5 cm³/mol. The highest BCUT2D eigenvalue weighted by Gasteiger charge is 2.51. The van der Waals surface area contributed by atoms with Crippen LogP contribution in [-0.2, 0) is 7.05 Å². The Morgan fingerprint density at radius 3 is 2.45 bits per heavy atom. The van der Waals surface area contributed by atoms with Gasteiger partial charge in [-0.15, -0.1) is 10.2 Å². The second-order valence-electron chi connectivity index (χ2n) is 6.85. The van der Waals surface area contributed by atoms with Crippen LogP contribution in [0.4, 0.5) is 0 Å². The maximum Gasteiger partial charge on any atom is 0.135 e. The lowest BCUT2D eigenvalue weighted by atomic mass is 9.94. The summed E-state index contributed by atoms with van der Waals surface area (Å²) in [5, 5.41) is 8.30. The molecule has 1 atom stereocenters. The number of hydrogen-bond donors (Lipinski definition) is 0. The molecule has 20 heavy (non-hydrogen) atoms. The van der Waals surface area contributed by atoms with E-state index in [0.29, 0.717) is 11.3 Å². The molecule has 0 amide bonds. The first-order valence-electron chi connectivity index (χ1n) is 8.24. The van der Waals surface area contributed by atoms with Crippen molar-refractivity contribution < 1.29 is 0 Å². The number of rotatable bonds is 5. The van der Waals surface area contributed by atoms with Gasteiger partial charge < -0.3 is 9.47 Å². The molecule has 1 aromatic rings. The SMILES string of the molecule is CCC1(CC)CC1CN1CCC(c2nncn2C)CC1. The maximum absolute atomic E-state index is 4.28. The Kier molecular flexibility index (Phi) is 3.85. The van der Waals surface area contributed by atoms with Gasteiger partial charge in [0.2, 0.25) is 0 Å². The third kappa shape index (κ3) is 2.50. The highest BCUT2D eigenvalue weighted by atomic mass is 15.3. The van der Waals surface area contributed by atoms with Crippen molar-refractivity contribution in [1.82, 2.24) is 19.7 Å². The lowest BCUT2D eigenvalue weighted by Gasteiger charge is -2.32. The van der Waals surface area contributed by atoms with Crippen molar-refractivity contribution in [2.45, 2.75) is 51.9 Å². The van der Waals surface area contributed by atoms with Crippen LogP contribution in [0.5, 0.6) is 0 Å². The summed E-state index contributed by atoms with van der Waals surface area (Å²) in [6, 6.07) is 0. The molecule has 2 aliphatic rings. The van der Waals surface area contributed by atoms with Crippen molar-refractivity contribution in [3.8, 4) is 0 Å². The van der Waals surface area contributed by atoms with Gasteiger partial charge in [0, 0.05) is 19.5 Å². The highest BCUT2D eigenvalue weighted by Crippen LogP contribution is 2.57. The van der Waals surface area contributed by atoms with Crippen molar-refractivity contribution in [2.75, 3.05) is 19.6 Å². The number of piperidine rings is 1. The monoisotopic (exact) mass is 276 g/mol. The first-order chi connectivity index (χ1) is 9.68. The minimum absolute atomic E-state index is 0.611. The van der Waals surface area contributed by atoms with Gasteiger partial charge in [-0.3, -0.25) is 0 Å². The van der Waals surface area contributed by atoms with E-state index < -0.39 is 0 Å². The summed E-state index contributed by atoms with van der Waals surface area (Å²) in [5.74, 6) is 2.75. The largest absolute Gasteiger partial charge is 0.320 e. The van der Waals surface area contributed by atoms with Crippen LogP contribution >= 0.6 is 0 Å². The molecule has 0 spiro atoms. The number of nitrogens with zero attached hydrogens (tertiary/aromatic N) is 4. The summed E-state index contributed by atoms with van der Waals surface area (Å²) < 4.78 is 2.08. The molecule has 3 rings (SSSR count). The first kappa shape index (κ1) is 14.1.